The highest BCUT2D eigenvalue weighted by molar-refractivity contribution is 5.81. The number of aliphatic hydroxyl groups is 2. The van der Waals surface area contributed by atoms with Gasteiger partial charge in [0.05, 0.1) is 23.7 Å². The lowest BCUT2D eigenvalue weighted by Crippen LogP contribution is -2.53. The zero-order valence-corrected chi connectivity index (χ0v) is 23.7. The lowest BCUT2D eigenvalue weighted by molar-refractivity contribution is -0.145. The number of carbonyl (C=O) groups excluding carboxylic acids is 3. The van der Waals surface area contributed by atoms with Gasteiger partial charge in [-0.2, -0.15) is 0 Å². The van der Waals surface area contributed by atoms with Gasteiger partial charge in [0.15, 0.2) is 0 Å². The number of unbranched alkanes of at least 4 members (excludes halogenated alkanes) is 1. The summed E-state index contributed by atoms with van der Waals surface area (Å²) in [4.78, 5) is 38.6. The Hall–Kier alpha value is -2.45. The molecule has 8 nitrogen and oxygen atoms in total. The summed E-state index contributed by atoms with van der Waals surface area (Å²) in [5.41, 5.74) is -0.269. The number of hydrogen-bond donors (Lipinski definition) is 5. The molecule has 3 amide bonds. The van der Waals surface area contributed by atoms with Crippen LogP contribution in [0.1, 0.15) is 84.1 Å². The van der Waals surface area contributed by atoms with Crippen LogP contribution in [0.15, 0.2) is 30.3 Å². The largest absolute Gasteiger partial charge is 0.391 e. The molecular formula is C30H49N3O5. The van der Waals surface area contributed by atoms with Crippen LogP contribution in [0, 0.1) is 17.8 Å². The topological polar surface area (TPSA) is 128 Å². The van der Waals surface area contributed by atoms with Gasteiger partial charge in [-0.05, 0) is 56.9 Å². The van der Waals surface area contributed by atoms with Crippen molar-refractivity contribution in [3.63, 3.8) is 0 Å². The fourth-order valence-corrected chi connectivity index (χ4v) is 5.58. The number of amides is 3. The smallest absolute Gasteiger partial charge is 0.225 e. The summed E-state index contributed by atoms with van der Waals surface area (Å²) >= 11 is 0. The molecule has 214 valence electrons. The normalized spacial score (nSPS) is 22.5. The Labute approximate surface area is 228 Å². The third kappa shape index (κ3) is 9.38. The van der Waals surface area contributed by atoms with E-state index in [4.69, 9.17) is 0 Å². The monoisotopic (exact) mass is 531 g/mol. The first kappa shape index (κ1) is 31.8. The molecule has 2 rings (SSSR count). The zero-order chi connectivity index (χ0) is 28.1. The number of rotatable bonds is 15. The average Bonchev–Trinajstić information content (AvgIpc) is 2.91. The maximum absolute atomic E-state index is 13.5. The number of nitrogens with one attached hydrogen (secondary N) is 3. The van der Waals surface area contributed by atoms with Crippen LogP contribution >= 0.6 is 0 Å². The van der Waals surface area contributed by atoms with Gasteiger partial charge in [-0.3, -0.25) is 14.4 Å². The van der Waals surface area contributed by atoms with Gasteiger partial charge in [0.1, 0.15) is 0 Å². The van der Waals surface area contributed by atoms with E-state index in [2.05, 4.69) is 22.9 Å². The van der Waals surface area contributed by atoms with Crippen LogP contribution in [0.2, 0.25) is 0 Å². The number of aliphatic hydroxyl groups excluding tert-OH is 1. The van der Waals surface area contributed by atoms with Gasteiger partial charge in [-0.15, -0.1) is 0 Å². The van der Waals surface area contributed by atoms with Crippen molar-refractivity contribution in [1.29, 1.82) is 0 Å². The molecule has 0 aliphatic heterocycles. The molecule has 0 heterocycles. The molecule has 6 atom stereocenters. The Balaban J connectivity index is 2.14. The minimum Gasteiger partial charge on any atom is -0.391 e. The Morgan fingerprint density at radius 3 is 2.45 bits per heavy atom. The summed E-state index contributed by atoms with van der Waals surface area (Å²) in [6.07, 6.45) is 4.87. The molecule has 1 aromatic carbocycles. The minimum atomic E-state index is -1.24. The molecule has 38 heavy (non-hydrogen) atoms. The van der Waals surface area contributed by atoms with E-state index in [0.717, 1.165) is 24.8 Å². The Bertz CT molecular complexity index is 880. The fourth-order valence-electron chi connectivity index (χ4n) is 5.58. The van der Waals surface area contributed by atoms with Crippen LogP contribution in [0.25, 0.3) is 0 Å². The first-order chi connectivity index (χ1) is 18.1. The zero-order valence-electron chi connectivity index (χ0n) is 23.7. The van der Waals surface area contributed by atoms with Gasteiger partial charge in [-0.1, -0.05) is 63.9 Å². The molecule has 1 fully saturated rings. The van der Waals surface area contributed by atoms with E-state index in [1.807, 2.05) is 37.3 Å². The second kappa shape index (κ2) is 15.8. The van der Waals surface area contributed by atoms with Crippen molar-refractivity contribution >= 4 is 17.7 Å². The summed E-state index contributed by atoms with van der Waals surface area (Å²) in [6, 6.07) is 9.06. The van der Waals surface area contributed by atoms with Gasteiger partial charge < -0.3 is 26.2 Å². The Morgan fingerprint density at radius 1 is 1.11 bits per heavy atom. The van der Waals surface area contributed by atoms with Crippen LogP contribution < -0.4 is 16.0 Å². The first-order valence-corrected chi connectivity index (χ1v) is 14.4. The second-order valence-electron chi connectivity index (χ2n) is 11.0. The Morgan fingerprint density at radius 2 is 1.82 bits per heavy atom. The molecule has 1 aliphatic carbocycles. The van der Waals surface area contributed by atoms with Gasteiger partial charge in [-0.25, -0.2) is 0 Å². The lowest BCUT2D eigenvalue weighted by atomic mass is 9.69. The second-order valence-corrected chi connectivity index (χ2v) is 11.0. The van der Waals surface area contributed by atoms with Crippen molar-refractivity contribution in [3.05, 3.63) is 35.9 Å². The van der Waals surface area contributed by atoms with E-state index in [0.29, 0.717) is 38.6 Å². The number of benzene rings is 1. The van der Waals surface area contributed by atoms with E-state index in [-0.39, 0.29) is 30.6 Å². The van der Waals surface area contributed by atoms with E-state index in [9.17, 15) is 24.6 Å². The molecule has 0 radical (unpaired) electrons. The molecule has 2 unspecified atom stereocenters. The molecule has 0 saturated heterocycles. The third-order valence-electron chi connectivity index (χ3n) is 7.88. The van der Waals surface area contributed by atoms with Crippen molar-refractivity contribution in [2.75, 3.05) is 13.6 Å². The van der Waals surface area contributed by atoms with E-state index in [1.165, 1.54) is 0 Å². The molecule has 1 saturated carbocycles. The van der Waals surface area contributed by atoms with Crippen LogP contribution in [-0.4, -0.2) is 59.3 Å². The summed E-state index contributed by atoms with van der Waals surface area (Å²) in [7, 11) is 1.57. The average molecular weight is 532 g/mol. The van der Waals surface area contributed by atoms with Gasteiger partial charge in [0.25, 0.3) is 0 Å². The maximum Gasteiger partial charge on any atom is 0.225 e. The van der Waals surface area contributed by atoms with Crippen LogP contribution in [0.3, 0.4) is 0 Å². The molecule has 8 heteroatoms. The minimum absolute atomic E-state index is 0.101. The highest BCUT2D eigenvalue weighted by Crippen LogP contribution is 2.40. The maximum atomic E-state index is 13.5. The summed E-state index contributed by atoms with van der Waals surface area (Å²) in [6.45, 7) is 6.44. The van der Waals surface area contributed by atoms with Gasteiger partial charge in [0.2, 0.25) is 17.7 Å². The molecule has 0 aromatic heterocycles. The van der Waals surface area contributed by atoms with E-state index in [1.54, 1.807) is 14.0 Å². The predicted octanol–water partition coefficient (Wildman–Crippen LogP) is 3.10. The third-order valence-corrected chi connectivity index (χ3v) is 7.88. The van der Waals surface area contributed by atoms with Gasteiger partial charge in [0, 0.05) is 25.4 Å². The number of carbonyl (C=O) groups is 3. The van der Waals surface area contributed by atoms with Crippen molar-refractivity contribution in [1.82, 2.24) is 16.0 Å². The molecule has 1 aliphatic rings. The number of hydrogen-bond acceptors (Lipinski definition) is 5. The van der Waals surface area contributed by atoms with E-state index < -0.39 is 35.5 Å². The van der Waals surface area contributed by atoms with Crippen LogP contribution in [-0.2, 0) is 20.8 Å². The van der Waals surface area contributed by atoms with Crippen molar-refractivity contribution in [3.8, 4) is 0 Å². The van der Waals surface area contributed by atoms with E-state index >= 15 is 0 Å². The highest BCUT2D eigenvalue weighted by atomic mass is 16.3. The summed E-state index contributed by atoms with van der Waals surface area (Å²) < 4.78 is 0. The molecule has 5 N–H and O–H groups in total. The highest BCUT2D eigenvalue weighted by Gasteiger charge is 2.45. The first-order valence-electron chi connectivity index (χ1n) is 14.4. The van der Waals surface area contributed by atoms with Crippen molar-refractivity contribution < 1.29 is 24.6 Å². The molecule has 1 aromatic rings. The summed E-state index contributed by atoms with van der Waals surface area (Å²) in [5.74, 6) is -1.95. The lowest BCUT2D eigenvalue weighted by Gasteiger charge is -2.41. The quantitative estimate of drug-likeness (QED) is 0.222. The van der Waals surface area contributed by atoms with Crippen LogP contribution in [0.4, 0.5) is 0 Å². The fraction of sp³-hybridized carbons (Fsp3) is 0.700. The Kier molecular flexibility index (Phi) is 13.2. The van der Waals surface area contributed by atoms with Crippen LogP contribution in [0.5, 0.6) is 0 Å². The molecular weight excluding hydrogens is 482 g/mol. The molecule has 0 bridgehead atoms. The standard InChI is InChI=1S/C30H49N3O5/c1-5-7-17-32-27(35)21(3)18-26(34)25(19-22-13-9-8-10-14-22)33-28(36)23-15-11-16-30(38,20-23)24(12-6-2)29(37)31-4/h8-10,13-14,21,23-26,34,38H,5-7,11-12,15-20H2,1-4H3,(H,31,37)(H,32,35)(H,33,36)/t21-,23+,24?,25?,26+,30-/m1/s1. The SMILES string of the molecule is CCCCNC(=O)[C@H](C)C[C@H](O)C(Cc1ccccc1)NC(=O)[C@H]1CCC[C@](O)(C(CCC)C(=O)NC)C1. The molecule has 0 spiro atoms. The van der Waals surface area contributed by atoms with Crippen molar-refractivity contribution in [2.45, 2.75) is 103 Å². The summed E-state index contributed by atoms with van der Waals surface area (Å²) in [5, 5.41) is 31.3. The van der Waals surface area contributed by atoms with Gasteiger partial charge >= 0.3 is 0 Å². The van der Waals surface area contributed by atoms with Crippen molar-refractivity contribution in [2.24, 2.45) is 17.8 Å². The predicted molar refractivity (Wildman–Crippen MR) is 149 cm³/mol.